The average Bonchev–Trinajstić information content (AvgIpc) is 3.36. The van der Waals surface area contributed by atoms with Crippen LogP contribution in [0.3, 0.4) is 0 Å². The zero-order chi connectivity index (χ0) is 18.1. The molecule has 4 heterocycles. The summed E-state index contributed by atoms with van der Waals surface area (Å²) in [5.74, 6) is 2.28. The van der Waals surface area contributed by atoms with Gasteiger partial charge >= 0.3 is 0 Å². The van der Waals surface area contributed by atoms with Gasteiger partial charge in [-0.25, -0.2) is 9.97 Å². The highest BCUT2D eigenvalue weighted by Gasteiger charge is 2.33. The molecule has 0 saturated carbocycles. The lowest BCUT2D eigenvalue weighted by molar-refractivity contribution is -0.139. The van der Waals surface area contributed by atoms with Gasteiger partial charge in [-0.3, -0.25) is 4.79 Å². The Bertz CT molecular complexity index is 779. The number of rotatable bonds is 5. The molecule has 2 aromatic heterocycles. The Morgan fingerprint density at radius 2 is 2.27 bits per heavy atom. The largest absolute Gasteiger partial charge is 0.368 e. The minimum absolute atomic E-state index is 0.183. The predicted molar refractivity (Wildman–Crippen MR) is 99.7 cm³/mol. The van der Waals surface area contributed by atoms with Crippen LogP contribution in [0.1, 0.15) is 38.9 Å². The van der Waals surface area contributed by atoms with Gasteiger partial charge < -0.3 is 14.2 Å². The summed E-state index contributed by atoms with van der Waals surface area (Å²) in [6, 6.07) is 3.97. The molecule has 0 radical (unpaired) electrons. The van der Waals surface area contributed by atoms with Crippen molar-refractivity contribution in [3.63, 3.8) is 0 Å². The summed E-state index contributed by atoms with van der Waals surface area (Å²) in [4.78, 5) is 24.0. The molecular formula is C20H28N4O2. The second kappa shape index (κ2) is 7.35. The molecule has 6 nitrogen and oxygen atoms in total. The van der Waals surface area contributed by atoms with Gasteiger partial charge in [0.15, 0.2) is 5.65 Å². The summed E-state index contributed by atoms with van der Waals surface area (Å²) in [5.41, 5.74) is 1.94. The van der Waals surface area contributed by atoms with E-state index in [4.69, 9.17) is 9.72 Å². The first-order valence-corrected chi connectivity index (χ1v) is 9.82. The molecule has 0 spiro atoms. The molecule has 0 N–H and O–H groups in total. The predicted octanol–water partition coefficient (Wildman–Crippen LogP) is 2.66. The fourth-order valence-electron chi connectivity index (χ4n) is 4.15. The van der Waals surface area contributed by atoms with E-state index in [-0.39, 0.29) is 12.0 Å². The molecular weight excluding hydrogens is 328 g/mol. The molecule has 2 fully saturated rings. The first kappa shape index (κ1) is 17.5. The van der Waals surface area contributed by atoms with Gasteiger partial charge in [-0.2, -0.15) is 0 Å². The highest BCUT2D eigenvalue weighted by Crippen LogP contribution is 2.25. The Balaban J connectivity index is 1.48. The van der Waals surface area contributed by atoms with E-state index in [1.165, 1.54) is 0 Å². The van der Waals surface area contributed by atoms with Crippen molar-refractivity contribution in [3.05, 3.63) is 24.2 Å². The van der Waals surface area contributed by atoms with Crippen LogP contribution in [0, 0.1) is 11.8 Å². The highest BCUT2D eigenvalue weighted by atomic mass is 16.5. The van der Waals surface area contributed by atoms with Crippen LogP contribution in [-0.4, -0.2) is 51.1 Å². The molecule has 0 unspecified atom stereocenters. The third-order valence-electron chi connectivity index (χ3n) is 5.40. The minimum Gasteiger partial charge on any atom is -0.368 e. The first-order valence-electron chi connectivity index (χ1n) is 9.82. The standard InChI is InChI=1S/C20H28N4O2/c1-14(2)12-24-18(22-16-5-3-8-21-19(16)24)11-15-7-9-23(13-15)20(25)17-6-4-10-26-17/h3,5,8,14-15,17H,4,6-7,9-13H2,1-2H3/t15-,17+/m1/s1. The Kier molecular flexibility index (Phi) is 4.94. The van der Waals surface area contributed by atoms with Crippen molar-refractivity contribution >= 4 is 17.1 Å². The summed E-state index contributed by atoms with van der Waals surface area (Å²) in [6.07, 6.45) is 5.44. The van der Waals surface area contributed by atoms with Crippen LogP contribution in [0.2, 0.25) is 0 Å². The molecule has 26 heavy (non-hydrogen) atoms. The second-order valence-electron chi connectivity index (χ2n) is 8.02. The third kappa shape index (κ3) is 3.47. The van der Waals surface area contributed by atoms with Crippen molar-refractivity contribution in [3.8, 4) is 0 Å². The maximum atomic E-state index is 12.6. The van der Waals surface area contributed by atoms with E-state index in [1.54, 1.807) is 0 Å². The molecule has 2 atom stereocenters. The molecule has 4 rings (SSSR count). The lowest BCUT2D eigenvalue weighted by Crippen LogP contribution is -2.37. The number of fused-ring (bicyclic) bond motifs is 1. The van der Waals surface area contributed by atoms with Crippen molar-refractivity contribution in [2.24, 2.45) is 11.8 Å². The Labute approximate surface area is 154 Å². The maximum absolute atomic E-state index is 12.6. The van der Waals surface area contributed by atoms with Crippen LogP contribution in [0.4, 0.5) is 0 Å². The summed E-state index contributed by atoms with van der Waals surface area (Å²) in [6.45, 7) is 7.74. The number of ether oxygens (including phenoxy) is 1. The molecule has 0 aliphatic carbocycles. The van der Waals surface area contributed by atoms with Crippen LogP contribution < -0.4 is 0 Å². The van der Waals surface area contributed by atoms with Crippen LogP contribution in [-0.2, 0) is 22.5 Å². The number of likely N-dealkylation sites (tertiary alicyclic amines) is 1. The molecule has 2 aliphatic rings. The van der Waals surface area contributed by atoms with E-state index in [1.807, 2.05) is 23.2 Å². The normalized spacial score (nSPS) is 23.4. The fourth-order valence-corrected chi connectivity index (χ4v) is 4.15. The van der Waals surface area contributed by atoms with E-state index >= 15 is 0 Å². The zero-order valence-electron chi connectivity index (χ0n) is 15.7. The number of imidazole rings is 1. The Morgan fingerprint density at radius 1 is 1.38 bits per heavy atom. The van der Waals surface area contributed by atoms with E-state index in [0.29, 0.717) is 11.8 Å². The van der Waals surface area contributed by atoms with Gasteiger partial charge in [0, 0.05) is 38.9 Å². The monoisotopic (exact) mass is 356 g/mol. The van der Waals surface area contributed by atoms with Gasteiger partial charge in [0.1, 0.15) is 17.4 Å². The zero-order valence-corrected chi connectivity index (χ0v) is 15.7. The number of nitrogens with zero attached hydrogens (tertiary/aromatic N) is 4. The quantitative estimate of drug-likeness (QED) is 0.826. The molecule has 0 aromatic carbocycles. The van der Waals surface area contributed by atoms with Crippen molar-refractivity contribution in [2.45, 2.75) is 52.2 Å². The topological polar surface area (TPSA) is 60.2 Å². The van der Waals surface area contributed by atoms with Crippen LogP contribution in [0.15, 0.2) is 18.3 Å². The third-order valence-corrected chi connectivity index (χ3v) is 5.40. The van der Waals surface area contributed by atoms with Gasteiger partial charge in [0.05, 0.1) is 0 Å². The van der Waals surface area contributed by atoms with Crippen molar-refractivity contribution in [1.29, 1.82) is 0 Å². The van der Waals surface area contributed by atoms with Gasteiger partial charge in [-0.15, -0.1) is 0 Å². The van der Waals surface area contributed by atoms with Crippen molar-refractivity contribution in [1.82, 2.24) is 19.4 Å². The minimum atomic E-state index is -0.205. The Morgan fingerprint density at radius 3 is 3.04 bits per heavy atom. The molecule has 2 aromatic rings. The number of carbonyl (C=O) groups is 1. The number of pyridine rings is 1. The molecule has 2 saturated heterocycles. The SMILES string of the molecule is CC(C)Cn1c(C[C@H]2CCN(C(=O)[C@@H]3CCCO3)C2)nc2cccnc21. The Hall–Kier alpha value is -1.95. The van der Waals surface area contributed by atoms with Crippen LogP contribution in [0.25, 0.3) is 11.2 Å². The molecule has 140 valence electrons. The fraction of sp³-hybridized carbons (Fsp3) is 0.650. The van der Waals surface area contributed by atoms with Crippen LogP contribution in [0.5, 0.6) is 0 Å². The number of hydrogen-bond acceptors (Lipinski definition) is 4. The van der Waals surface area contributed by atoms with E-state index in [2.05, 4.69) is 23.4 Å². The van der Waals surface area contributed by atoms with Gasteiger partial charge in [0.2, 0.25) is 0 Å². The average molecular weight is 356 g/mol. The van der Waals surface area contributed by atoms with Gasteiger partial charge in [0.25, 0.3) is 5.91 Å². The molecule has 6 heteroatoms. The molecule has 1 amide bonds. The van der Waals surface area contributed by atoms with E-state index < -0.39 is 0 Å². The smallest absolute Gasteiger partial charge is 0.251 e. The lowest BCUT2D eigenvalue weighted by Gasteiger charge is -2.20. The number of hydrogen-bond donors (Lipinski definition) is 0. The number of amides is 1. The summed E-state index contributed by atoms with van der Waals surface area (Å²) in [5, 5.41) is 0. The maximum Gasteiger partial charge on any atom is 0.251 e. The van der Waals surface area contributed by atoms with Crippen molar-refractivity contribution in [2.75, 3.05) is 19.7 Å². The molecule has 2 aliphatic heterocycles. The van der Waals surface area contributed by atoms with Crippen molar-refractivity contribution < 1.29 is 9.53 Å². The second-order valence-corrected chi connectivity index (χ2v) is 8.02. The lowest BCUT2D eigenvalue weighted by atomic mass is 10.0. The van der Waals surface area contributed by atoms with Gasteiger partial charge in [-0.1, -0.05) is 13.8 Å². The van der Waals surface area contributed by atoms with Gasteiger partial charge in [-0.05, 0) is 43.2 Å². The number of aromatic nitrogens is 3. The summed E-state index contributed by atoms with van der Waals surface area (Å²) < 4.78 is 7.84. The van der Waals surface area contributed by atoms with E-state index in [9.17, 15) is 4.79 Å². The highest BCUT2D eigenvalue weighted by molar-refractivity contribution is 5.81. The summed E-state index contributed by atoms with van der Waals surface area (Å²) >= 11 is 0. The van der Waals surface area contributed by atoms with E-state index in [0.717, 1.165) is 68.9 Å². The van der Waals surface area contributed by atoms with Crippen LogP contribution >= 0.6 is 0 Å². The molecule has 0 bridgehead atoms. The summed E-state index contributed by atoms with van der Waals surface area (Å²) in [7, 11) is 0. The number of carbonyl (C=O) groups excluding carboxylic acids is 1. The first-order chi connectivity index (χ1) is 12.6.